The van der Waals surface area contributed by atoms with Crippen LogP contribution in [0.15, 0.2) is 83.3 Å². The van der Waals surface area contributed by atoms with Crippen molar-refractivity contribution >= 4 is 27.7 Å². The van der Waals surface area contributed by atoms with Crippen molar-refractivity contribution in [3.05, 3.63) is 94.5 Å². The Morgan fingerprint density at radius 2 is 1.62 bits per heavy atom. The van der Waals surface area contributed by atoms with Crippen molar-refractivity contribution in [1.29, 1.82) is 0 Å². The molecule has 0 aliphatic heterocycles. The summed E-state index contributed by atoms with van der Waals surface area (Å²) in [7, 11) is 1.59. The SMILES string of the molecule is CCNC(=O)C(Cc1ccccc1)N(Cc1cccc(Br)c1)C(=O)COc1ccc(OC)cc1. The van der Waals surface area contributed by atoms with E-state index in [1.54, 1.807) is 36.3 Å². The van der Waals surface area contributed by atoms with Gasteiger partial charge in [0.1, 0.15) is 17.5 Å². The van der Waals surface area contributed by atoms with Gasteiger partial charge in [0.05, 0.1) is 7.11 Å². The van der Waals surface area contributed by atoms with Crippen LogP contribution in [0.2, 0.25) is 0 Å². The van der Waals surface area contributed by atoms with Gasteiger partial charge in [0.2, 0.25) is 5.91 Å². The second-order valence-electron chi connectivity index (χ2n) is 7.72. The molecule has 1 N–H and O–H groups in total. The highest BCUT2D eigenvalue weighted by Gasteiger charge is 2.30. The third kappa shape index (κ3) is 7.35. The molecule has 2 amide bonds. The molecule has 7 heteroatoms. The lowest BCUT2D eigenvalue weighted by molar-refractivity contribution is -0.142. The zero-order chi connectivity index (χ0) is 24.3. The van der Waals surface area contributed by atoms with Gasteiger partial charge in [-0.3, -0.25) is 9.59 Å². The van der Waals surface area contributed by atoms with Crippen molar-refractivity contribution in [3.63, 3.8) is 0 Å². The number of ether oxygens (including phenoxy) is 2. The molecule has 3 aromatic carbocycles. The lowest BCUT2D eigenvalue weighted by Crippen LogP contribution is -2.51. The first-order valence-corrected chi connectivity index (χ1v) is 11.9. The molecule has 0 aliphatic carbocycles. The summed E-state index contributed by atoms with van der Waals surface area (Å²) in [6.07, 6.45) is 0.398. The van der Waals surface area contributed by atoms with Gasteiger partial charge in [0.25, 0.3) is 5.91 Å². The first-order chi connectivity index (χ1) is 16.5. The maximum absolute atomic E-state index is 13.5. The molecule has 1 unspecified atom stereocenters. The molecule has 0 saturated heterocycles. The monoisotopic (exact) mass is 524 g/mol. The third-order valence-corrected chi connectivity index (χ3v) is 5.78. The number of rotatable bonds is 11. The van der Waals surface area contributed by atoms with E-state index in [1.807, 2.05) is 61.5 Å². The summed E-state index contributed by atoms with van der Waals surface area (Å²) in [4.78, 5) is 28.2. The van der Waals surface area contributed by atoms with Crippen LogP contribution in [0.4, 0.5) is 0 Å². The topological polar surface area (TPSA) is 67.9 Å². The number of amides is 2. The number of hydrogen-bond donors (Lipinski definition) is 1. The fraction of sp³-hybridized carbons (Fsp3) is 0.259. The van der Waals surface area contributed by atoms with Crippen LogP contribution >= 0.6 is 15.9 Å². The minimum atomic E-state index is -0.687. The zero-order valence-corrected chi connectivity index (χ0v) is 21.0. The zero-order valence-electron chi connectivity index (χ0n) is 19.4. The average molecular weight is 525 g/mol. The lowest BCUT2D eigenvalue weighted by atomic mass is 10.0. The average Bonchev–Trinajstić information content (AvgIpc) is 2.85. The second-order valence-corrected chi connectivity index (χ2v) is 8.63. The maximum Gasteiger partial charge on any atom is 0.261 e. The Labute approximate surface area is 209 Å². The van der Waals surface area contributed by atoms with Crippen LogP contribution in [-0.2, 0) is 22.6 Å². The first-order valence-electron chi connectivity index (χ1n) is 11.1. The largest absolute Gasteiger partial charge is 0.497 e. The summed E-state index contributed by atoms with van der Waals surface area (Å²) in [6, 6.07) is 23.8. The van der Waals surface area contributed by atoms with Gasteiger partial charge in [0.15, 0.2) is 6.61 Å². The highest BCUT2D eigenvalue weighted by atomic mass is 79.9. The highest BCUT2D eigenvalue weighted by molar-refractivity contribution is 9.10. The highest BCUT2D eigenvalue weighted by Crippen LogP contribution is 2.20. The molecule has 0 fully saturated rings. The minimum absolute atomic E-state index is 0.189. The molecular weight excluding hydrogens is 496 g/mol. The van der Waals surface area contributed by atoms with Crippen LogP contribution in [0.1, 0.15) is 18.1 Å². The quantitative estimate of drug-likeness (QED) is 0.397. The lowest BCUT2D eigenvalue weighted by Gasteiger charge is -2.31. The Kier molecular flexibility index (Phi) is 9.52. The van der Waals surface area contributed by atoms with Gasteiger partial charge in [-0.1, -0.05) is 58.4 Å². The normalized spacial score (nSPS) is 11.4. The summed E-state index contributed by atoms with van der Waals surface area (Å²) in [5.41, 5.74) is 1.89. The van der Waals surface area contributed by atoms with Gasteiger partial charge < -0.3 is 19.7 Å². The Morgan fingerprint density at radius 1 is 0.941 bits per heavy atom. The Bertz CT molecular complexity index is 1070. The van der Waals surface area contributed by atoms with Crippen molar-refractivity contribution in [3.8, 4) is 11.5 Å². The molecule has 6 nitrogen and oxygen atoms in total. The Hall–Kier alpha value is -3.32. The Morgan fingerprint density at radius 3 is 2.26 bits per heavy atom. The first kappa shape index (κ1) is 25.3. The standard InChI is InChI=1S/C27H29BrN2O4/c1-3-29-27(32)25(17-20-8-5-4-6-9-20)30(18-21-10-7-11-22(28)16-21)26(31)19-34-24-14-12-23(33-2)13-15-24/h4-16,25H,3,17-19H2,1-2H3,(H,29,32). The van der Waals surface area contributed by atoms with E-state index < -0.39 is 6.04 Å². The summed E-state index contributed by atoms with van der Waals surface area (Å²) in [5, 5.41) is 2.89. The number of likely N-dealkylation sites (N-methyl/N-ethyl adjacent to an activating group) is 1. The summed E-state index contributed by atoms with van der Waals surface area (Å²) in [6.45, 7) is 2.43. The smallest absolute Gasteiger partial charge is 0.261 e. The van der Waals surface area contributed by atoms with Gasteiger partial charge in [-0.25, -0.2) is 0 Å². The number of carbonyl (C=O) groups excluding carboxylic acids is 2. The number of nitrogens with zero attached hydrogens (tertiary/aromatic N) is 1. The number of hydrogen-bond acceptors (Lipinski definition) is 4. The van der Waals surface area contributed by atoms with Crippen LogP contribution in [0.5, 0.6) is 11.5 Å². The molecule has 3 aromatic rings. The van der Waals surface area contributed by atoms with E-state index in [9.17, 15) is 9.59 Å². The molecule has 178 valence electrons. The molecule has 0 saturated carbocycles. The fourth-order valence-corrected chi connectivity index (χ4v) is 4.02. The number of methoxy groups -OCH3 is 1. The van der Waals surface area contributed by atoms with Crippen molar-refractivity contribution in [2.45, 2.75) is 25.9 Å². The molecule has 34 heavy (non-hydrogen) atoms. The summed E-state index contributed by atoms with van der Waals surface area (Å²) in [5.74, 6) is 0.783. The molecule has 0 radical (unpaired) electrons. The van der Waals surface area contributed by atoms with Crippen LogP contribution in [0.25, 0.3) is 0 Å². The van der Waals surface area contributed by atoms with E-state index in [4.69, 9.17) is 9.47 Å². The minimum Gasteiger partial charge on any atom is -0.497 e. The number of nitrogens with one attached hydrogen (secondary N) is 1. The van der Waals surface area contributed by atoms with E-state index in [2.05, 4.69) is 21.2 Å². The third-order valence-electron chi connectivity index (χ3n) is 5.29. The van der Waals surface area contributed by atoms with E-state index in [1.165, 1.54) is 0 Å². The van der Waals surface area contributed by atoms with Crippen LogP contribution < -0.4 is 14.8 Å². The van der Waals surface area contributed by atoms with Crippen LogP contribution in [-0.4, -0.2) is 43.0 Å². The number of halogens is 1. The maximum atomic E-state index is 13.5. The van der Waals surface area contributed by atoms with Crippen molar-refractivity contribution in [1.82, 2.24) is 10.2 Å². The molecular formula is C27H29BrN2O4. The Balaban J connectivity index is 1.86. The molecule has 3 rings (SSSR count). The van der Waals surface area contributed by atoms with Gasteiger partial charge in [-0.05, 0) is 54.4 Å². The fourth-order valence-electron chi connectivity index (χ4n) is 3.58. The van der Waals surface area contributed by atoms with E-state index >= 15 is 0 Å². The summed E-state index contributed by atoms with van der Waals surface area (Å²) < 4.78 is 11.8. The molecule has 0 spiro atoms. The molecule has 0 heterocycles. The molecule has 1 atom stereocenters. The molecule has 0 aliphatic rings. The number of carbonyl (C=O) groups is 2. The van der Waals surface area contributed by atoms with Crippen LogP contribution in [0.3, 0.4) is 0 Å². The molecule has 0 aromatic heterocycles. The van der Waals surface area contributed by atoms with Gasteiger partial charge in [0, 0.05) is 24.0 Å². The molecule has 0 bridgehead atoms. The van der Waals surface area contributed by atoms with Crippen LogP contribution in [0, 0.1) is 0 Å². The van der Waals surface area contributed by atoms with Crippen molar-refractivity contribution < 1.29 is 19.1 Å². The van der Waals surface area contributed by atoms with Gasteiger partial charge >= 0.3 is 0 Å². The van der Waals surface area contributed by atoms with Gasteiger partial charge in [-0.15, -0.1) is 0 Å². The van der Waals surface area contributed by atoms with Crippen molar-refractivity contribution in [2.24, 2.45) is 0 Å². The predicted molar refractivity (Wildman–Crippen MR) is 136 cm³/mol. The number of benzene rings is 3. The predicted octanol–water partition coefficient (Wildman–Crippen LogP) is 4.61. The van der Waals surface area contributed by atoms with E-state index in [0.717, 1.165) is 15.6 Å². The second kappa shape index (κ2) is 12.8. The summed E-state index contributed by atoms with van der Waals surface area (Å²) >= 11 is 3.49. The van der Waals surface area contributed by atoms with Gasteiger partial charge in [-0.2, -0.15) is 0 Å². The van der Waals surface area contributed by atoms with E-state index in [-0.39, 0.29) is 25.0 Å². The van der Waals surface area contributed by atoms with Crippen molar-refractivity contribution in [2.75, 3.05) is 20.3 Å². The van der Waals surface area contributed by atoms with E-state index in [0.29, 0.717) is 24.5 Å².